The number of benzene rings is 1. The van der Waals surface area contributed by atoms with E-state index in [1.165, 1.54) is 0 Å². The molecular formula is C17H22BrN3O2. The molecule has 0 atom stereocenters. The van der Waals surface area contributed by atoms with Gasteiger partial charge in [-0.25, -0.2) is 0 Å². The Morgan fingerprint density at radius 2 is 2.09 bits per heavy atom. The fraction of sp³-hybridized carbons (Fsp3) is 0.471. The second-order valence-corrected chi connectivity index (χ2v) is 6.60. The number of nitrogens with zero attached hydrogens (tertiary/aromatic N) is 2. The zero-order chi connectivity index (χ0) is 16.7. The minimum Gasteiger partial charge on any atom is -0.356 e. The van der Waals surface area contributed by atoms with Gasteiger partial charge in [-0.05, 0) is 24.5 Å². The normalized spacial score (nSPS) is 11.0. The highest BCUT2D eigenvalue weighted by atomic mass is 79.9. The fourth-order valence-electron chi connectivity index (χ4n) is 2.11. The summed E-state index contributed by atoms with van der Waals surface area (Å²) < 4.78 is 6.22. The Morgan fingerprint density at radius 3 is 2.78 bits per heavy atom. The van der Waals surface area contributed by atoms with E-state index in [0.717, 1.165) is 28.7 Å². The monoisotopic (exact) mass is 379 g/mol. The van der Waals surface area contributed by atoms with Gasteiger partial charge in [0.1, 0.15) is 0 Å². The first-order chi connectivity index (χ1) is 11.1. The predicted molar refractivity (Wildman–Crippen MR) is 92.2 cm³/mol. The highest BCUT2D eigenvalue weighted by Crippen LogP contribution is 2.17. The van der Waals surface area contributed by atoms with Gasteiger partial charge >= 0.3 is 0 Å². The summed E-state index contributed by atoms with van der Waals surface area (Å²) in [6.07, 6.45) is 2.69. The quantitative estimate of drug-likeness (QED) is 0.710. The highest BCUT2D eigenvalue weighted by Gasteiger charge is 2.09. The van der Waals surface area contributed by atoms with Crippen LogP contribution in [0.15, 0.2) is 33.3 Å². The molecule has 0 aliphatic heterocycles. The number of carbonyl (C=O) groups excluding carboxylic acids is 1. The van der Waals surface area contributed by atoms with E-state index >= 15 is 0 Å². The molecule has 2 aromatic rings. The van der Waals surface area contributed by atoms with Crippen molar-refractivity contribution in [2.75, 3.05) is 6.54 Å². The van der Waals surface area contributed by atoms with E-state index < -0.39 is 0 Å². The molecule has 23 heavy (non-hydrogen) atoms. The van der Waals surface area contributed by atoms with Gasteiger partial charge in [-0.1, -0.05) is 53.1 Å². The maximum atomic E-state index is 11.9. The van der Waals surface area contributed by atoms with E-state index in [0.29, 0.717) is 25.3 Å². The fourth-order valence-corrected chi connectivity index (χ4v) is 2.59. The number of hydrogen-bond donors (Lipinski definition) is 1. The Bertz CT molecular complexity index is 640. The molecular weight excluding hydrogens is 358 g/mol. The Labute approximate surface area is 145 Å². The average Bonchev–Trinajstić information content (AvgIpc) is 3.00. The molecule has 0 saturated heterocycles. The van der Waals surface area contributed by atoms with E-state index in [-0.39, 0.29) is 11.8 Å². The van der Waals surface area contributed by atoms with Gasteiger partial charge in [-0.3, -0.25) is 4.79 Å². The maximum Gasteiger partial charge on any atom is 0.226 e. The van der Waals surface area contributed by atoms with Crippen LogP contribution in [-0.4, -0.2) is 22.6 Å². The lowest BCUT2D eigenvalue weighted by atomic mass is 10.1. The summed E-state index contributed by atoms with van der Waals surface area (Å²) in [5, 5.41) is 6.85. The zero-order valence-electron chi connectivity index (χ0n) is 13.5. The third-order valence-electron chi connectivity index (χ3n) is 3.47. The zero-order valence-corrected chi connectivity index (χ0v) is 15.1. The van der Waals surface area contributed by atoms with Crippen LogP contribution in [0.1, 0.15) is 49.9 Å². The summed E-state index contributed by atoms with van der Waals surface area (Å²) in [5.74, 6) is 1.70. The molecule has 124 valence electrons. The van der Waals surface area contributed by atoms with Crippen LogP contribution in [0.2, 0.25) is 0 Å². The van der Waals surface area contributed by atoms with Crippen LogP contribution in [0.5, 0.6) is 0 Å². The first-order valence-electron chi connectivity index (χ1n) is 7.89. The van der Waals surface area contributed by atoms with Crippen molar-refractivity contribution in [3.05, 3.63) is 46.0 Å². The average molecular weight is 380 g/mol. The molecule has 1 aromatic heterocycles. The van der Waals surface area contributed by atoms with Crippen LogP contribution < -0.4 is 5.32 Å². The highest BCUT2D eigenvalue weighted by molar-refractivity contribution is 9.10. The van der Waals surface area contributed by atoms with Crippen LogP contribution >= 0.6 is 15.9 Å². The number of carbonyl (C=O) groups is 1. The number of amides is 1. The maximum absolute atomic E-state index is 11.9. The minimum atomic E-state index is 0.0640. The third-order valence-corrected chi connectivity index (χ3v) is 4.24. The molecule has 0 radical (unpaired) electrons. The molecule has 0 aliphatic carbocycles. The second kappa shape index (κ2) is 8.82. The molecule has 1 amide bonds. The van der Waals surface area contributed by atoms with Crippen molar-refractivity contribution in [2.45, 2.75) is 45.4 Å². The summed E-state index contributed by atoms with van der Waals surface area (Å²) in [7, 11) is 0. The predicted octanol–water partition coefficient (Wildman–Crippen LogP) is 3.64. The number of aromatic nitrogens is 2. The Balaban J connectivity index is 1.64. The van der Waals surface area contributed by atoms with Crippen molar-refractivity contribution in [1.29, 1.82) is 0 Å². The number of rotatable bonds is 8. The van der Waals surface area contributed by atoms with Crippen molar-refractivity contribution in [3.8, 4) is 0 Å². The van der Waals surface area contributed by atoms with Crippen LogP contribution in [0.4, 0.5) is 0 Å². The Hall–Kier alpha value is -1.69. The summed E-state index contributed by atoms with van der Waals surface area (Å²) in [5.41, 5.74) is 1.15. The number of aryl methyl sites for hydroxylation is 2. The van der Waals surface area contributed by atoms with Gasteiger partial charge in [0.05, 0.1) is 0 Å². The molecule has 0 spiro atoms. The van der Waals surface area contributed by atoms with Crippen LogP contribution in [0.3, 0.4) is 0 Å². The lowest BCUT2D eigenvalue weighted by molar-refractivity contribution is -0.121. The van der Waals surface area contributed by atoms with Crippen LogP contribution in [0, 0.1) is 0 Å². The molecule has 6 heteroatoms. The van der Waals surface area contributed by atoms with Crippen molar-refractivity contribution >= 4 is 21.8 Å². The first-order valence-corrected chi connectivity index (χ1v) is 8.68. The lowest BCUT2D eigenvalue weighted by Crippen LogP contribution is -2.25. The van der Waals surface area contributed by atoms with E-state index in [1.54, 1.807) is 0 Å². The summed E-state index contributed by atoms with van der Waals surface area (Å²) >= 11 is 3.49. The summed E-state index contributed by atoms with van der Waals surface area (Å²) in [4.78, 5) is 16.2. The molecule has 1 aromatic carbocycles. The van der Waals surface area contributed by atoms with Gasteiger partial charge in [0.2, 0.25) is 11.8 Å². The van der Waals surface area contributed by atoms with E-state index in [9.17, 15) is 4.79 Å². The second-order valence-electron chi connectivity index (χ2n) is 5.75. The summed E-state index contributed by atoms with van der Waals surface area (Å²) in [6, 6.07) is 7.96. The molecule has 1 heterocycles. The van der Waals surface area contributed by atoms with Crippen LogP contribution in [0.25, 0.3) is 0 Å². The van der Waals surface area contributed by atoms with Crippen molar-refractivity contribution in [2.24, 2.45) is 0 Å². The third kappa shape index (κ3) is 5.78. The largest absolute Gasteiger partial charge is 0.356 e. The molecule has 0 aliphatic rings. The smallest absolute Gasteiger partial charge is 0.226 e. The van der Waals surface area contributed by atoms with E-state index in [1.807, 2.05) is 38.1 Å². The van der Waals surface area contributed by atoms with Gasteiger partial charge in [0.15, 0.2) is 5.82 Å². The van der Waals surface area contributed by atoms with Crippen molar-refractivity contribution in [3.63, 3.8) is 0 Å². The topological polar surface area (TPSA) is 68.0 Å². The number of halogens is 1. The van der Waals surface area contributed by atoms with E-state index in [2.05, 4.69) is 31.4 Å². The molecule has 0 saturated carbocycles. The van der Waals surface area contributed by atoms with Gasteiger partial charge in [-0.2, -0.15) is 4.98 Å². The van der Waals surface area contributed by atoms with E-state index in [4.69, 9.17) is 4.52 Å². The molecule has 0 unspecified atom stereocenters. The molecule has 1 N–H and O–H groups in total. The van der Waals surface area contributed by atoms with Crippen molar-refractivity contribution < 1.29 is 9.32 Å². The molecule has 0 fully saturated rings. The van der Waals surface area contributed by atoms with Gasteiger partial charge in [0, 0.05) is 29.8 Å². The summed E-state index contributed by atoms with van der Waals surface area (Å²) in [6.45, 7) is 4.67. The Kier molecular flexibility index (Phi) is 6.77. The van der Waals surface area contributed by atoms with Gasteiger partial charge in [-0.15, -0.1) is 0 Å². The standard InChI is InChI=1S/C17H22BrN3O2/c1-12(2)17-20-16(23-21-17)8-5-11-19-15(22)10-9-13-6-3-4-7-14(13)18/h3-4,6-7,12H,5,8-11H2,1-2H3,(H,19,22). The number of hydrogen-bond acceptors (Lipinski definition) is 4. The Morgan fingerprint density at radius 1 is 1.30 bits per heavy atom. The SMILES string of the molecule is CC(C)c1noc(CCCNC(=O)CCc2ccccc2Br)n1. The van der Waals surface area contributed by atoms with Crippen molar-refractivity contribution in [1.82, 2.24) is 15.5 Å². The van der Waals surface area contributed by atoms with Gasteiger partial charge < -0.3 is 9.84 Å². The first kappa shape index (κ1) is 17.7. The molecule has 2 rings (SSSR count). The number of nitrogens with one attached hydrogen (secondary N) is 1. The van der Waals surface area contributed by atoms with Crippen LogP contribution in [-0.2, 0) is 17.6 Å². The lowest BCUT2D eigenvalue weighted by Gasteiger charge is -2.05. The molecule has 5 nitrogen and oxygen atoms in total. The van der Waals surface area contributed by atoms with Gasteiger partial charge in [0.25, 0.3) is 0 Å². The minimum absolute atomic E-state index is 0.0640. The molecule has 0 bridgehead atoms.